The van der Waals surface area contributed by atoms with Crippen LogP contribution in [0.15, 0.2) is 29.0 Å². The Morgan fingerprint density at radius 2 is 2.26 bits per heavy atom. The van der Waals surface area contributed by atoms with Gasteiger partial charge in [-0.15, -0.1) is 0 Å². The minimum Gasteiger partial charge on any atom is -0.349 e. The fourth-order valence-electron chi connectivity index (χ4n) is 2.79. The van der Waals surface area contributed by atoms with Gasteiger partial charge in [0.1, 0.15) is 0 Å². The predicted molar refractivity (Wildman–Crippen MR) is 98.6 cm³/mol. The van der Waals surface area contributed by atoms with E-state index in [1.54, 1.807) is 17.1 Å². The van der Waals surface area contributed by atoms with Crippen molar-refractivity contribution in [3.05, 3.63) is 41.6 Å². The van der Waals surface area contributed by atoms with Crippen LogP contribution in [0.3, 0.4) is 0 Å². The van der Waals surface area contributed by atoms with E-state index in [2.05, 4.69) is 25.5 Å². The number of hydrogen-bond donors (Lipinski definition) is 1. The monoisotopic (exact) mass is 366 g/mol. The van der Waals surface area contributed by atoms with Crippen LogP contribution in [0.25, 0.3) is 17.3 Å². The van der Waals surface area contributed by atoms with Crippen molar-refractivity contribution in [2.75, 3.05) is 0 Å². The molecule has 0 radical (unpaired) electrons. The summed E-state index contributed by atoms with van der Waals surface area (Å²) >= 11 is 0. The third kappa shape index (κ3) is 3.47. The van der Waals surface area contributed by atoms with Gasteiger partial charge in [0.25, 0.3) is 11.8 Å². The third-order valence-corrected chi connectivity index (χ3v) is 4.84. The van der Waals surface area contributed by atoms with Crippen molar-refractivity contribution in [3.63, 3.8) is 0 Å². The summed E-state index contributed by atoms with van der Waals surface area (Å²) in [5.74, 6) is 2.14. The summed E-state index contributed by atoms with van der Waals surface area (Å²) in [7, 11) is 0. The quantitative estimate of drug-likeness (QED) is 0.720. The Balaban J connectivity index is 1.61. The molecule has 1 saturated carbocycles. The van der Waals surface area contributed by atoms with Gasteiger partial charge in [-0.3, -0.25) is 4.79 Å². The largest absolute Gasteiger partial charge is 0.349 e. The number of rotatable bonds is 6. The summed E-state index contributed by atoms with van der Waals surface area (Å²) < 4.78 is 7.04. The lowest BCUT2D eigenvalue weighted by molar-refractivity contribution is 0.0938. The second kappa shape index (κ2) is 6.94. The summed E-state index contributed by atoms with van der Waals surface area (Å²) in [6.45, 7) is 5.86. The van der Waals surface area contributed by atoms with Crippen molar-refractivity contribution in [2.45, 2.75) is 52.0 Å². The molecule has 3 heterocycles. The first-order valence-electron chi connectivity index (χ1n) is 9.22. The SMILES string of the molecule is CC[C@H](C)NC(=O)c1cnn(-c2cc(-c3nc(C4CC4)no3)ccn2)c1C. The molecule has 1 fully saturated rings. The van der Waals surface area contributed by atoms with Crippen LogP contribution in [0.5, 0.6) is 0 Å². The Morgan fingerprint density at radius 3 is 3.00 bits per heavy atom. The molecule has 27 heavy (non-hydrogen) atoms. The van der Waals surface area contributed by atoms with Gasteiger partial charge in [0.05, 0.1) is 17.5 Å². The zero-order chi connectivity index (χ0) is 19.0. The van der Waals surface area contributed by atoms with Gasteiger partial charge in [0, 0.05) is 23.7 Å². The highest BCUT2D eigenvalue weighted by Gasteiger charge is 2.29. The number of carbonyl (C=O) groups is 1. The molecule has 0 unspecified atom stereocenters. The first kappa shape index (κ1) is 17.4. The van der Waals surface area contributed by atoms with Crippen molar-refractivity contribution >= 4 is 5.91 Å². The van der Waals surface area contributed by atoms with Crippen molar-refractivity contribution in [1.29, 1.82) is 0 Å². The van der Waals surface area contributed by atoms with Gasteiger partial charge in [0.15, 0.2) is 11.6 Å². The Labute approximate surface area is 157 Å². The van der Waals surface area contributed by atoms with Crippen molar-refractivity contribution in [3.8, 4) is 17.3 Å². The fraction of sp³-hybridized carbons (Fsp3) is 0.421. The summed E-state index contributed by atoms with van der Waals surface area (Å²) in [4.78, 5) is 21.3. The summed E-state index contributed by atoms with van der Waals surface area (Å²) in [6.07, 6.45) is 6.35. The van der Waals surface area contributed by atoms with Crippen LogP contribution >= 0.6 is 0 Å². The zero-order valence-electron chi connectivity index (χ0n) is 15.6. The van der Waals surface area contributed by atoms with E-state index in [9.17, 15) is 4.79 Å². The molecule has 8 nitrogen and oxygen atoms in total. The van der Waals surface area contributed by atoms with Gasteiger partial charge >= 0.3 is 0 Å². The first-order valence-corrected chi connectivity index (χ1v) is 9.22. The van der Waals surface area contributed by atoms with E-state index in [4.69, 9.17) is 4.52 Å². The molecule has 1 N–H and O–H groups in total. The number of carbonyl (C=O) groups excluding carboxylic acids is 1. The van der Waals surface area contributed by atoms with E-state index >= 15 is 0 Å². The van der Waals surface area contributed by atoms with E-state index in [0.717, 1.165) is 36.3 Å². The van der Waals surface area contributed by atoms with E-state index in [-0.39, 0.29) is 11.9 Å². The van der Waals surface area contributed by atoms with Gasteiger partial charge in [0.2, 0.25) is 0 Å². The average molecular weight is 366 g/mol. The van der Waals surface area contributed by atoms with Crippen molar-refractivity contribution < 1.29 is 9.32 Å². The van der Waals surface area contributed by atoms with E-state index in [0.29, 0.717) is 23.2 Å². The number of nitrogens with one attached hydrogen (secondary N) is 1. The highest BCUT2D eigenvalue weighted by Crippen LogP contribution is 2.38. The summed E-state index contributed by atoms with van der Waals surface area (Å²) in [5.41, 5.74) is 2.04. The van der Waals surface area contributed by atoms with Crippen LogP contribution in [0.1, 0.15) is 60.9 Å². The molecule has 1 aliphatic carbocycles. The maximum atomic E-state index is 12.4. The maximum absolute atomic E-state index is 12.4. The maximum Gasteiger partial charge on any atom is 0.258 e. The lowest BCUT2D eigenvalue weighted by Crippen LogP contribution is -2.32. The minimum absolute atomic E-state index is 0.111. The Hall–Kier alpha value is -3.03. The standard InChI is InChI=1S/C19H22N6O2/c1-4-11(2)22-18(26)15-10-21-25(12(15)3)16-9-14(7-8-20-16)19-23-17(24-27-19)13-5-6-13/h7-11,13H,4-6H2,1-3H3,(H,22,26)/t11-/m0/s1. The Bertz CT molecular complexity index is 972. The lowest BCUT2D eigenvalue weighted by atomic mass is 10.2. The van der Waals surface area contributed by atoms with E-state index in [1.807, 2.05) is 32.9 Å². The smallest absolute Gasteiger partial charge is 0.258 e. The zero-order valence-corrected chi connectivity index (χ0v) is 15.6. The normalized spacial score (nSPS) is 14.9. The number of amides is 1. The van der Waals surface area contributed by atoms with Gasteiger partial charge in [-0.05, 0) is 45.2 Å². The van der Waals surface area contributed by atoms with Crippen molar-refractivity contribution in [1.82, 2.24) is 30.2 Å². The number of aromatic nitrogens is 5. The van der Waals surface area contributed by atoms with E-state index in [1.165, 1.54) is 0 Å². The molecule has 1 aliphatic rings. The lowest BCUT2D eigenvalue weighted by Gasteiger charge is -2.11. The highest BCUT2D eigenvalue weighted by atomic mass is 16.5. The molecular weight excluding hydrogens is 344 g/mol. The van der Waals surface area contributed by atoms with Crippen LogP contribution in [0.4, 0.5) is 0 Å². The van der Waals surface area contributed by atoms with E-state index < -0.39 is 0 Å². The molecule has 8 heteroatoms. The Morgan fingerprint density at radius 1 is 1.44 bits per heavy atom. The molecule has 0 aromatic carbocycles. The van der Waals surface area contributed by atoms with Crippen LogP contribution in [0, 0.1) is 6.92 Å². The number of nitrogens with zero attached hydrogens (tertiary/aromatic N) is 5. The second-order valence-corrected chi connectivity index (χ2v) is 6.97. The molecule has 4 rings (SSSR count). The minimum atomic E-state index is -0.129. The fourth-order valence-corrected chi connectivity index (χ4v) is 2.79. The first-order chi connectivity index (χ1) is 13.1. The van der Waals surface area contributed by atoms with Gasteiger partial charge in [-0.25, -0.2) is 9.67 Å². The van der Waals surface area contributed by atoms with Crippen LogP contribution in [0.2, 0.25) is 0 Å². The van der Waals surface area contributed by atoms with Crippen molar-refractivity contribution in [2.24, 2.45) is 0 Å². The average Bonchev–Trinajstić information content (AvgIpc) is 3.27. The third-order valence-electron chi connectivity index (χ3n) is 4.84. The molecule has 0 spiro atoms. The number of pyridine rings is 1. The summed E-state index contributed by atoms with van der Waals surface area (Å²) in [6, 6.07) is 3.77. The molecule has 1 amide bonds. The topological polar surface area (TPSA) is 98.7 Å². The van der Waals surface area contributed by atoms with Gasteiger partial charge in [-0.2, -0.15) is 10.1 Å². The van der Waals surface area contributed by atoms with Gasteiger partial charge < -0.3 is 9.84 Å². The second-order valence-electron chi connectivity index (χ2n) is 6.97. The number of hydrogen-bond acceptors (Lipinski definition) is 6. The van der Waals surface area contributed by atoms with Crippen LogP contribution in [-0.4, -0.2) is 36.9 Å². The molecule has 3 aromatic rings. The molecule has 1 atom stereocenters. The van der Waals surface area contributed by atoms with Crippen LogP contribution < -0.4 is 5.32 Å². The molecule has 0 aliphatic heterocycles. The Kier molecular flexibility index (Phi) is 4.47. The molecule has 0 bridgehead atoms. The summed E-state index contributed by atoms with van der Waals surface area (Å²) in [5, 5.41) is 11.4. The molecule has 3 aromatic heterocycles. The van der Waals surface area contributed by atoms with Gasteiger partial charge in [-0.1, -0.05) is 12.1 Å². The molecule has 0 saturated heterocycles. The van der Waals surface area contributed by atoms with Crippen LogP contribution in [-0.2, 0) is 0 Å². The molecular formula is C19H22N6O2. The predicted octanol–water partition coefficient (Wildman–Crippen LogP) is 3.03. The molecule has 140 valence electrons. The highest BCUT2D eigenvalue weighted by molar-refractivity contribution is 5.95.